The Morgan fingerprint density at radius 1 is 0.422 bits per heavy atom. The van der Waals surface area contributed by atoms with Crippen molar-refractivity contribution in [3.8, 4) is 0 Å². The minimum Gasteiger partial charge on any atom is -0.394 e. The van der Waals surface area contributed by atoms with Crippen LogP contribution in [0.4, 0.5) is 0 Å². The van der Waals surface area contributed by atoms with Crippen LogP contribution in [0.15, 0.2) is 134 Å². The lowest BCUT2D eigenvalue weighted by atomic mass is 9.99. The number of amides is 1. The Balaban J connectivity index is 2.14. The Hall–Kier alpha value is -3.67. The van der Waals surface area contributed by atoms with E-state index >= 15 is 0 Å². The van der Waals surface area contributed by atoms with Crippen LogP contribution < -0.4 is 5.32 Å². The average Bonchev–Trinajstić information content (AvgIpc) is 3.61. The first kappa shape index (κ1) is 77.3. The van der Waals surface area contributed by atoms with Gasteiger partial charge in [-0.15, -0.1) is 0 Å². The molecule has 7 unspecified atom stereocenters. The molecule has 9 nitrogen and oxygen atoms in total. The molecule has 1 amide bonds. The van der Waals surface area contributed by atoms with E-state index in [1.54, 1.807) is 6.08 Å². The van der Waals surface area contributed by atoms with Crippen LogP contribution in [0.3, 0.4) is 0 Å². The first-order valence-corrected chi connectivity index (χ1v) is 33.9. The van der Waals surface area contributed by atoms with Gasteiger partial charge < -0.3 is 40.3 Å². The van der Waals surface area contributed by atoms with Crippen molar-refractivity contribution in [2.45, 2.75) is 314 Å². The number of nitrogens with one attached hydrogen (secondary N) is 1. The monoisotopic (exact) mass is 1160 g/mol. The Kier molecular flexibility index (Phi) is 57.2. The van der Waals surface area contributed by atoms with Crippen molar-refractivity contribution in [3.05, 3.63) is 134 Å². The minimum absolute atomic E-state index is 0.191. The quantitative estimate of drug-likeness (QED) is 0.0261. The van der Waals surface area contributed by atoms with Gasteiger partial charge in [-0.05, 0) is 103 Å². The summed E-state index contributed by atoms with van der Waals surface area (Å²) in [6.45, 7) is 3.66. The van der Waals surface area contributed by atoms with E-state index in [0.717, 1.165) is 96.3 Å². The van der Waals surface area contributed by atoms with Crippen molar-refractivity contribution in [2.24, 2.45) is 0 Å². The zero-order chi connectivity index (χ0) is 60.0. The molecule has 0 aromatic heterocycles. The maximum atomic E-state index is 13.1. The number of aliphatic hydroxyl groups is 5. The van der Waals surface area contributed by atoms with Crippen LogP contribution in [-0.2, 0) is 14.3 Å². The molecule has 1 fully saturated rings. The predicted octanol–water partition coefficient (Wildman–Crippen LogP) is 18.4. The highest BCUT2D eigenvalue weighted by Gasteiger charge is 2.44. The molecule has 9 heteroatoms. The Morgan fingerprint density at radius 2 is 0.759 bits per heavy atom. The maximum Gasteiger partial charge on any atom is 0.220 e. The fraction of sp³-hybridized carbons (Fsp3) is 0.689. The van der Waals surface area contributed by atoms with Gasteiger partial charge in [-0.25, -0.2) is 0 Å². The largest absolute Gasteiger partial charge is 0.394 e. The molecule has 0 aromatic carbocycles. The van der Waals surface area contributed by atoms with Crippen LogP contribution in [0.5, 0.6) is 0 Å². The molecule has 474 valence electrons. The van der Waals surface area contributed by atoms with Crippen LogP contribution in [-0.4, -0.2) is 87.5 Å². The molecule has 0 saturated carbocycles. The second kappa shape index (κ2) is 61.4. The number of unbranched alkanes of at least 4 members (excludes halogenated alkanes) is 27. The summed E-state index contributed by atoms with van der Waals surface area (Å²) in [4.78, 5) is 13.1. The topological polar surface area (TPSA) is 149 Å². The lowest BCUT2D eigenvalue weighted by Crippen LogP contribution is -2.60. The molecule has 0 aliphatic carbocycles. The standard InChI is InChI=1S/C74H125NO8/c1-3-5-7-9-11-13-15-17-19-21-23-24-25-26-27-28-29-30-31-32-33-34-35-36-37-38-39-40-41-42-43-44-46-48-50-52-54-56-58-60-62-64-70(78)75-67(66-82-74-73(81)72(80)71(79)69(65-76)83-74)68(77)63-61-59-57-55-53-51-49-47-45-22-20-18-16-14-12-10-8-6-4-2/h5,7,11,13,17,19,23-24,26-27,29-30,32-33,35-36,38-39,53,55,61,63,67-69,71-74,76-77,79-81H,3-4,6,8-10,12,14-16,18,20-22,25,28,31,34,37,40-52,54,56-60,62,64-66H2,1-2H3,(H,75,78)/b7-5-,13-11-,19-17-,24-23-,27-26-,30-29-,33-32-,36-35-,39-38-,55-53+,63-61+. The molecule has 0 aromatic rings. The van der Waals surface area contributed by atoms with E-state index in [9.17, 15) is 30.3 Å². The van der Waals surface area contributed by atoms with Gasteiger partial charge in [-0.1, -0.05) is 295 Å². The van der Waals surface area contributed by atoms with Crippen molar-refractivity contribution < 1.29 is 39.8 Å². The zero-order valence-electron chi connectivity index (χ0n) is 52.9. The van der Waals surface area contributed by atoms with Gasteiger partial charge in [-0.2, -0.15) is 0 Å². The minimum atomic E-state index is -1.58. The number of allylic oxidation sites excluding steroid dienone is 21. The van der Waals surface area contributed by atoms with Crippen molar-refractivity contribution in [1.29, 1.82) is 0 Å². The molecule has 1 aliphatic heterocycles. The van der Waals surface area contributed by atoms with Gasteiger partial charge in [0.1, 0.15) is 24.4 Å². The summed E-state index contributed by atoms with van der Waals surface area (Å²) >= 11 is 0. The van der Waals surface area contributed by atoms with E-state index in [1.807, 2.05) is 6.08 Å². The number of hydrogen-bond acceptors (Lipinski definition) is 8. The fourth-order valence-corrected chi connectivity index (χ4v) is 9.93. The molecule has 1 heterocycles. The Morgan fingerprint density at radius 3 is 1.16 bits per heavy atom. The van der Waals surface area contributed by atoms with Gasteiger partial charge >= 0.3 is 0 Å². The molecule has 0 spiro atoms. The number of rotatable bonds is 57. The fourth-order valence-electron chi connectivity index (χ4n) is 9.93. The van der Waals surface area contributed by atoms with Gasteiger partial charge in [0.15, 0.2) is 6.29 Å². The first-order valence-electron chi connectivity index (χ1n) is 33.9. The molecule has 1 aliphatic rings. The summed E-state index contributed by atoms with van der Waals surface area (Å²) in [5.41, 5.74) is 0. The molecule has 6 N–H and O–H groups in total. The molecular formula is C74H125NO8. The van der Waals surface area contributed by atoms with Crippen molar-refractivity contribution in [1.82, 2.24) is 5.32 Å². The summed E-state index contributed by atoms with van der Waals surface area (Å²) < 4.78 is 11.3. The van der Waals surface area contributed by atoms with Gasteiger partial charge in [0, 0.05) is 6.42 Å². The third-order valence-electron chi connectivity index (χ3n) is 15.2. The summed E-state index contributed by atoms with van der Waals surface area (Å²) in [6.07, 6.45) is 86.9. The summed E-state index contributed by atoms with van der Waals surface area (Å²) in [5.74, 6) is -0.191. The molecule has 1 saturated heterocycles. The van der Waals surface area contributed by atoms with Gasteiger partial charge in [0.05, 0.1) is 25.4 Å². The first-order chi connectivity index (χ1) is 40.8. The van der Waals surface area contributed by atoms with Gasteiger partial charge in [-0.3, -0.25) is 4.79 Å². The zero-order valence-corrected chi connectivity index (χ0v) is 52.9. The van der Waals surface area contributed by atoms with Crippen LogP contribution in [0, 0.1) is 0 Å². The molecular weight excluding hydrogens is 1030 g/mol. The Labute approximate surface area is 509 Å². The SMILES string of the molecule is CC/C=C\C/C=C\C/C=C\C/C=C\C/C=C\C/C=C\C/C=C\C/C=C\C/C=C\CCCCCCCCCCCCCCCC(=O)NC(COC1OC(CO)C(O)C(O)C1O)C(O)/C=C/CC/C=C/CCCCCCCCCCCCCCC. The number of carbonyl (C=O) groups excluding carboxylic acids is 1. The second-order valence-electron chi connectivity index (χ2n) is 22.9. The summed E-state index contributed by atoms with van der Waals surface area (Å²) in [5, 5.41) is 54.6. The van der Waals surface area contributed by atoms with Crippen LogP contribution in [0.25, 0.3) is 0 Å². The highest BCUT2D eigenvalue weighted by molar-refractivity contribution is 5.76. The third kappa shape index (κ3) is 50.2. The van der Waals surface area contributed by atoms with Crippen molar-refractivity contribution in [3.63, 3.8) is 0 Å². The van der Waals surface area contributed by atoms with E-state index < -0.39 is 49.5 Å². The van der Waals surface area contributed by atoms with E-state index in [2.05, 4.69) is 141 Å². The molecule has 0 radical (unpaired) electrons. The smallest absolute Gasteiger partial charge is 0.220 e. The Bertz CT molecular complexity index is 1770. The third-order valence-corrected chi connectivity index (χ3v) is 15.2. The molecule has 7 atom stereocenters. The lowest BCUT2D eigenvalue weighted by Gasteiger charge is -2.40. The van der Waals surface area contributed by atoms with Gasteiger partial charge in [0.2, 0.25) is 5.91 Å². The maximum absolute atomic E-state index is 13.1. The number of hydrogen-bond donors (Lipinski definition) is 6. The number of ether oxygens (including phenoxy) is 2. The van der Waals surface area contributed by atoms with Crippen LogP contribution in [0.1, 0.15) is 271 Å². The average molecular weight is 1160 g/mol. The summed E-state index contributed by atoms with van der Waals surface area (Å²) in [7, 11) is 0. The molecule has 0 bridgehead atoms. The van der Waals surface area contributed by atoms with E-state index in [0.29, 0.717) is 6.42 Å². The van der Waals surface area contributed by atoms with Crippen molar-refractivity contribution >= 4 is 5.91 Å². The summed E-state index contributed by atoms with van der Waals surface area (Å²) in [6, 6.07) is -0.831. The highest BCUT2D eigenvalue weighted by atomic mass is 16.7. The lowest BCUT2D eigenvalue weighted by molar-refractivity contribution is -0.302. The van der Waals surface area contributed by atoms with Crippen LogP contribution >= 0.6 is 0 Å². The molecule has 1 rings (SSSR count). The number of carbonyl (C=O) groups is 1. The van der Waals surface area contributed by atoms with Crippen molar-refractivity contribution in [2.75, 3.05) is 13.2 Å². The van der Waals surface area contributed by atoms with E-state index in [1.165, 1.54) is 154 Å². The predicted molar refractivity (Wildman–Crippen MR) is 354 cm³/mol. The normalized spacial score (nSPS) is 19.1. The highest BCUT2D eigenvalue weighted by Crippen LogP contribution is 2.23. The van der Waals surface area contributed by atoms with Crippen LogP contribution in [0.2, 0.25) is 0 Å². The van der Waals surface area contributed by atoms with E-state index in [-0.39, 0.29) is 12.5 Å². The van der Waals surface area contributed by atoms with E-state index in [4.69, 9.17) is 9.47 Å². The number of aliphatic hydroxyl groups excluding tert-OH is 5. The van der Waals surface area contributed by atoms with Gasteiger partial charge in [0.25, 0.3) is 0 Å². The molecule has 83 heavy (non-hydrogen) atoms. The second-order valence-corrected chi connectivity index (χ2v) is 22.9.